The molecule has 0 radical (unpaired) electrons. The molecular formula is C21H20N2O2S. The molecule has 0 saturated carbocycles. The number of rotatable bonds is 6. The van der Waals surface area contributed by atoms with Crippen LogP contribution < -0.4 is 15.8 Å². The molecule has 0 saturated heterocycles. The zero-order chi connectivity index (χ0) is 18.4. The van der Waals surface area contributed by atoms with Crippen molar-refractivity contribution in [2.24, 2.45) is 0 Å². The third-order valence-electron chi connectivity index (χ3n) is 3.81. The molecule has 1 unspecified atom stereocenters. The van der Waals surface area contributed by atoms with Crippen LogP contribution in [0.4, 0.5) is 11.4 Å². The summed E-state index contributed by atoms with van der Waals surface area (Å²) in [5.41, 5.74) is 8.10. The minimum absolute atomic E-state index is 0.0914. The molecule has 0 fully saturated rings. The average molecular weight is 364 g/mol. The van der Waals surface area contributed by atoms with Crippen molar-refractivity contribution in [3.63, 3.8) is 0 Å². The van der Waals surface area contributed by atoms with Gasteiger partial charge >= 0.3 is 0 Å². The summed E-state index contributed by atoms with van der Waals surface area (Å²) in [7, 11) is 1.60. The fourth-order valence-electron chi connectivity index (χ4n) is 2.49. The number of anilines is 2. The largest absolute Gasteiger partial charge is 0.497 e. The molecule has 132 valence electrons. The highest BCUT2D eigenvalue weighted by atomic mass is 32.2. The fraction of sp³-hybridized carbons (Fsp3) is 0.0952. The highest BCUT2D eigenvalue weighted by Gasteiger charge is 2.22. The number of amides is 1. The van der Waals surface area contributed by atoms with Crippen LogP contribution in [0.3, 0.4) is 0 Å². The molecule has 0 bridgehead atoms. The van der Waals surface area contributed by atoms with Gasteiger partial charge in [0.05, 0.1) is 7.11 Å². The molecule has 0 aliphatic rings. The molecule has 1 atom stereocenters. The van der Waals surface area contributed by atoms with Crippen LogP contribution in [-0.4, -0.2) is 13.0 Å². The van der Waals surface area contributed by atoms with Crippen molar-refractivity contribution in [2.45, 2.75) is 10.1 Å². The Morgan fingerprint density at radius 2 is 1.73 bits per heavy atom. The monoisotopic (exact) mass is 364 g/mol. The van der Waals surface area contributed by atoms with Gasteiger partial charge in [-0.3, -0.25) is 4.79 Å². The summed E-state index contributed by atoms with van der Waals surface area (Å²) in [5, 5.41) is 2.60. The van der Waals surface area contributed by atoms with Gasteiger partial charge in [-0.1, -0.05) is 36.4 Å². The zero-order valence-corrected chi connectivity index (χ0v) is 15.2. The van der Waals surface area contributed by atoms with Crippen molar-refractivity contribution in [3.8, 4) is 5.75 Å². The zero-order valence-electron chi connectivity index (χ0n) is 14.4. The van der Waals surface area contributed by atoms with Gasteiger partial charge in [-0.05, 0) is 42.0 Å². The van der Waals surface area contributed by atoms with Gasteiger partial charge in [-0.15, -0.1) is 11.8 Å². The minimum atomic E-state index is -0.383. The van der Waals surface area contributed by atoms with E-state index >= 15 is 0 Å². The Morgan fingerprint density at radius 1 is 1.00 bits per heavy atom. The molecule has 1 amide bonds. The van der Waals surface area contributed by atoms with Crippen LogP contribution in [0, 0.1) is 0 Å². The molecule has 0 aliphatic carbocycles. The SMILES string of the molecule is COc1cccc(NC(=O)C(Sc2ccc(N)cc2)c2ccccc2)c1. The molecule has 3 rings (SSSR count). The standard InChI is InChI=1S/C21H20N2O2S/c1-25-18-9-5-8-17(14-18)23-21(24)20(15-6-3-2-4-7-15)26-19-12-10-16(22)11-13-19/h2-14,20H,22H2,1H3,(H,23,24). The van der Waals surface area contributed by atoms with Crippen molar-refractivity contribution in [2.75, 3.05) is 18.2 Å². The first-order valence-electron chi connectivity index (χ1n) is 8.18. The smallest absolute Gasteiger partial charge is 0.242 e. The lowest BCUT2D eigenvalue weighted by molar-refractivity contribution is -0.115. The van der Waals surface area contributed by atoms with Crippen molar-refractivity contribution in [1.29, 1.82) is 0 Å². The number of nitrogen functional groups attached to an aromatic ring is 1. The average Bonchev–Trinajstić information content (AvgIpc) is 2.68. The summed E-state index contributed by atoms with van der Waals surface area (Å²) in [6.07, 6.45) is 0. The Hall–Kier alpha value is -2.92. The summed E-state index contributed by atoms with van der Waals surface area (Å²) in [5.74, 6) is 0.608. The van der Waals surface area contributed by atoms with Crippen LogP contribution in [0.25, 0.3) is 0 Å². The number of nitrogens with one attached hydrogen (secondary N) is 1. The molecule has 5 heteroatoms. The topological polar surface area (TPSA) is 64.3 Å². The summed E-state index contributed by atoms with van der Waals surface area (Å²) < 4.78 is 5.22. The molecule has 4 nitrogen and oxygen atoms in total. The van der Waals surface area contributed by atoms with Crippen LogP contribution in [-0.2, 0) is 4.79 Å². The van der Waals surface area contributed by atoms with E-state index in [2.05, 4.69) is 5.32 Å². The Kier molecular flexibility index (Phi) is 5.81. The van der Waals surface area contributed by atoms with Crippen molar-refractivity contribution in [3.05, 3.63) is 84.4 Å². The van der Waals surface area contributed by atoms with E-state index in [1.165, 1.54) is 11.8 Å². The van der Waals surface area contributed by atoms with Gasteiger partial charge in [0, 0.05) is 22.3 Å². The van der Waals surface area contributed by atoms with Gasteiger partial charge in [0.1, 0.15) is 11.0 Å². The fourth-order valence-corrected chi connectivity index (χ4v) is 3.52. The number of hydrogen-bond donors (Lipinski definition) is 2. The first-order chi connectivity index (χ1) is 12.7. The number of benzene rings is 3. The van der Waals surface area contributed by atoms with Gasteiger partial charge in [0.25, 0.3) is 0 Å². The van der Waals surface area contributed by atoms with E-state index in [0.717, 1.165) is 10.5 Å². The summed E-state index contributed by atoms with van der Waals surface area (Å²) in [6, 6.07) is 24.6. The van der Waals surface area contributed by atoms with Crippen LogP contribution in [0.15, 0.2) is 83.8 Å². The van der Waals surface area contributed by atoms with E-state index in [1.807, 2.05) is 72.8 Å². The van der Waals surface area contributed by atoms with Gasteiger partial charge in [-0.25, -0.2) is 0 Å². The molecule has 0 heterocycles. The molecule has 0 aliphatic heterocycles. The van der Waals surface area contributed by atoms with Crippen molar-refractivity contribution >= 4 is 29.0 Å². The third kappa shape index (κ3) is 4.58. The number of ether oxygens (including phenoxy) is 1. The van der Waals surface area contributed by atoms with Crippen LogP contribution in [0.1, 0.15) is 10.8 Å². The van der Waals surface area contributed by atoms with E-state index in [1.54, 1.807) is 13.2 Å². The third-order valence-corrected chi connectivity index (χ3v) is 5.08. The Bertz CT molecular complexity index is 867. The molecule has 3 N–H and O–H groups in total. The molecule has 0 aromatic heterocycles. The molecule has 26 heavy (non-hydrogen) atoms. The van der Waals surface area contributed by atoms with Crippen LogP contribution in [0.2, 0.25) is 0 Å². The van der Waals surface area contributed by atoms with E-state index in [0.29, 0.717) is 17.1 Å². The Balaban J connectivity index is 1.84. The Labute approximate surface area is 157 Å². The summed E-state index contributed by atoms with van der Waals surface area (Å²) in [6.45, 7) is 0. The van der Waals surface area contributed by atoms with E-state index in [-0.39, 0.29) is 11.2 Å². The number of carbonyl (C=O) groups excluding carboxylic acids is 1. The second-order valence-corrected chi connectivity index (χ2v) is 6.88. The molecule has 3 aromatic carbocycles. The van der Waals surface area contributed by atoms with Crippen LogP contribution >= 0.6 is 11.8 Å². The maximum atomic E-state index is 13.0. The molecule has 0 spiro atoms. The first-order valence-corrected chi connectivity index (χ1v) is 9.06. The van der Waals surface area contributed by atoms with Crippen molar-refractivity contribution < 1.29 is 9.53 Å². The van der Waals surface area contributed by atoms with E-state index in [4.69, 9.17) is 10.5 Å². The number of hydrogen-bond acceptors (Lipinski definition) is 4. The lowest BCUT2D eigenvalue weighted by atomic mass is 10.1. The summed E-state index contributed by atoms with van der Waals surface area (Å²) in [4.78, 5) is 14.0. The highest BCUT2D eigenvalue weighted by molar-refractivity contribution is 8.00. The lowest BCUT2D eigenvalue weighted by Crippen LogP contribution is -2.19. The van der Waals surface area contributed by atoms with E-state index in [9.17, 15) is 4.79 Å². The Morgan fingerprint density at radius 3 is 2.42 bits per heavy atom. The van der Waals surface area contributed by atoms with Gasteiger partial charge in [0.2, 0.25) is 5.91 Å². The lowest BCUT2D eigenvalue weighted by Gasteiger charge is -2.17. The molecular weight excluding hydrogens is 344 g/mol. The quantitative estimate of drug-likeness (QED) is 0.489. The number of nitrogens with two attached hydrogens (primary N) is 1. The normalized spacial score (nSPS) is 11.6. The maximum absolute atomic E-state index is 13.0. The van der Waals surface area contributed by atoms with Gasteiger partial charge < -0.3 is 15.8 Å². The van der Waals surface area contributed by atoms with Gasteiger partial charge in [-0.2, -0.15) is 0 Å². The van der Waals surface area contributed by atoms with Gasteiger partial charge in [0.15, 0.2) is 0 Å². The van der Waals surface area contributed by atoms with Crippen molar-refractivity contribution in [1.82, 2.24) is 0 Å². The molecule has 3 aromatic rings. The number of thioether (sulfide) groups is 1. The second kappa shape index (κ2) is 8.45. The number of methoxy groups -OCH3 is 1. The first kappa shape index (κ1) is 17.9. The highest BCUT2D eigenvalue weighted by Crippen LogP contribution is 2.36. The number of carbonyl (C=O) groups is 1. The second-order valence-electron chi connectivity index (χ2n) is 5.70. The predicted octanol–water partition coefficient (Wildman–Crippen LogP) is 4.75. The summed E-state index contributed by atoms with van der Waals surface area (Å²) >= 11 is 1.49. The van der Waals surface area contributed by atoms with Crippen LogP contribution in [0.5, 0.6) is 5.75 Å². The minimum Gasteiger partial charge on any atom is -0.497 e. The predicted molar refractivity (Wildman–Crippen MR) is 108 cm³/mol. The maximum Gasteiger partial charge on any atom is 0.242 e. The van der Waals surface area contributed by atoms with E-state index < -0.39 is 0 Å².